The van der Waals surface area contributed by atoms with E-state index in [1.807, 2.05) is 5.32 Å². The SMILES string of the molecule is COc1ccc(/C=C/C(=O)O[C@@H](C)C(=O)Nc2ccc(F)c(F)c2F)cc1F. The Bertz CT molecular complexity index is 930. The molecule has 1 N–H and O–H groups in total. The maximum Gasteiger partial charge on any atom is 0.331 e. The standard InChI is InChI=1S/C19H15F4NO4/c1-10(19(26)24-14-6-5-12(20)17(22)18(14)23)28-16(25)8-4-11-3-7-15(27-2)13(21)9-11/h3-10H,1-2H3,(H,24,26)/b8-4+/t10-/m0/s1. The van der Waals surface area contributed by atoms with Crippen molar-refractivity contribution in [2.24, 2.45) is 0 Å². The molecule has 0 spiro atoms. The number of carbonyl (C=O) groups excluding carboxylic acids is 2. The highest BCUT2D eigenvalue weighted by Crippen LogP contribution is 2.20. The molecule has 0 heterocycles. The van der Waals surface area contributed by atoms with Crippen LogP contribution in [-0.4, -0.2) is 25.1 Å². The summed E-state index contributed by atoms with van der Waals surface area (Å²) in [5.74, 6) is -7.19. The summed E-state index contributed by atoms with van der Waals surface area (Å²) in [7, 11) is 1.31. The van der Waals surface area contributed by atoms with E-state index in [0.29, 0.717) is 11.6 Å². The van der Waals surface area contributed by atoms with Gasteiger partial charge in [-0.15, -0.1) is 0 Å². The smallest absolute Gasteiger partial charge is 0.331 e. The van der Waals surface area contributed by atoms with E-state index in [4.69, 9.17) is 9.47 Å². The molecule has 0 saturated heterocycles. The van der Waals surface area contributed by atoms with Crippen LogP contribution in [0.5, 0.6) is 5.75 Å². The van der Waals surface area contributed by atoms with Crippen LogP contribution in [0, 0.1) is 23.3 Å². The van der Waals surface area contributed by atoms with Gasteiger partial charge in [-0.25, -0.2) is 22.4 Å². The molecule has 2 aromatic rings. The minimum atomic E-state index is -1.74. The third kappa shape index (κ3) is 5.09. The fourth-order valence-corrected chi connectivity index (χ4v) is 2.07. The third-order valence-electron chi connectivity index (χ3n) is 3.54. The van der Waals surface area contributed by atoms with Crippen LogP contribution in [0.1, 0.15) is 12.5 Å². The van der Waals surface area contributed by atoms with Crippen LogP contribution in [-0.2, 0) is 14.3 Å². The van der Waals surface area contributed by atoms with Gasteiger partial charge in [0.05, 0.1) is 12.8 Å². The molecule has 2 rings (SSSR count). The van der Waals surface area contributed by atoms with E-state index >= 15 is 0 Å². The van der Waals surface area contributed by atoms with E-state index in [1.54, 1.807) is 0 Å². The number of benzene rings is 2. The first-order chi connectivity index (χ1) is 13.2. The Balaban J connectivity index is 1.97. The quantitative estimate of drug-likeness (QED) is 0.348. The number of halogens is 4. The second kappa shape index (κ2) is 9.03. The molecule has 0 radical (unpaired) electrons. The molecule has 0 fully saturated rings. The van der Waals surface area contributed by atoms with Gasteiger partial charge in [-0.3, -0.25) is 4.79 Å². The summed E-state index contributed by atoms with van der Waals surface area (Å²) in [6.45, 7) is 1.20. The number of nitrogens with one attached hydrogen (secondary N) is 1. The van der Waals surface area contributed by atoms with Gasteiger partial charge in [0.2, 0.25) is 0 Å². The molecule has 0 aliphatic rings. The molecule has 5 nitrogen and oxygen atoms in total. The van der Waals surface area contributed by atoms with Crippen molar-refractivity contribution in [3.05, 3.63) is 65.2 Å². The van der Waals surface area contributed by atoms with E-state index in [9.17, 15) is 27.2 Å². The highest BCUT2D eigenvalue weighted by Gasteiger charge is 2.20. The first-order valence-corrected chi connectivity index (χ1v) is 7.89. The van der Waals surface area contributed by atoms with Crippen molar-refractivity contribution in [2.45, 2.75) is 13.0 Å². The van der Waals surface area contributed by atoms with Crippen molar-refractivity contribution in [2.75, 3.05) is 12.4 Å². The summed E-state index contributed by atoms with van der Waals surface area (Å²) >= 11 is 0. The van der Waals surface area contributed by atoms with Gasteiger partial charge in [0, 0.05) is 6.08 Å². The number of methoxy groups -OCH3 is 1. The fraction of sp³-hybridized carbons (Fsp3) is 0.158. The summed E-state index contributed by atoms with van der Waals surface area (Å²) in [6.07, 6.45) is 0.852. The lowest BCUT2D eigenvalue weighted by molar-refractivity contribution is -0.148. The zero-order valence-corrected chi connectivity index (χ0v) is 14.8. The van der Waals surface area contributed by atoms with Gasteiger partial charge in [0.25, 0.3) is 5.91 Å². The zero-order chi connectivity index (χ0) is 20.8. The summed E-state index contributed by atoms with van der Waals surface area (Å²) in [4.78, 5) is 23.7. The minimum absolute atomic E-state index is 0.0366. The average molecular weight is 397 g/mol. The molecule has 0 saturated carbocycles. The maximum atomic E-state index is 13.6. The van der Waals surface area contributed by atoms with Crippen LogP contribution >= 0.6 is 0 Å². The Labute approximate surface area is 157 Å². The van der Waals surface area contributed by atoms with Crippen LogP contribution in [0.2, 0.25) is 0 Å². The number of amides is 1. The number of rotatable bonds is 6. The molecule has 28 heavy (non-hydrogen) atoms. The lowest BCUT2D eigenvalue weighted by Gasteiger charge is -2.13. The number of hydrogen-bond donors (Lipinski definition) is 1. The highest BCUT2D eigenvalue weighted by molar-refractivity contribution is 5.96. The average Bonchev–Trinajstić information content (AvgIpc) is 2.66. The lowest BCUT2D eigenvalue weighted by Crippen LogP contribution is -2.29. The number of hydrogen-bond acceptors (Lipinski definition) is 4. The Morgan fingerprint density at radius 1 is 1.04 bits per heavy atom. The molecule has 0 unspecified atom stereocenters. The van der Waals surface area contributed by atoms with Gasteiger partial charge >= 0.3 is 5.97 Å². The van der Waals surface area contributed by atoms with Crippen molar-refractivity contribution in [3.8, 4) is 5.75 Å². The molecule has 148 valence electrons. The minimum Gasteiger partial charge on any atom is -0.494 e. The second-order valence-electron chi connectivity index (χ2n) is 5.52. The molecule has 0 aliphatic heterocycles. The van der Waals surface area contributed by atoms with Crippen LogP contribution in [0.4, 0.5) is 23.2 Å². The summed E-state index contributed by atoms with van der Waals surface area (Å²) < 4.78 is 62.8. The monoisotopic (exact) mass is 397 g/mol. The molecule has 2 aromatic carbocycles. The molecule has 0 aromatic heterocycles. The van der Waals surface area contributed by atoms with Crippen molar-refractivity contribution < 1.29 is 36.6 Å². The molecule has 1 amide bonds. The predicted octanol–water partition coefficient (Wildman–Crippen LogP) is 3.84. The molecular formula is C19H15F4NO4. The largest absolute Gasteiger partial charge is 0.494 e. The van der Waals surface area contributed by atoms with Gasteiger partial charge in [0.1, 0.15) is 0 Å². The third-order valence-corrected chi connectivity index (χ3v) is 3.54. The Morgan fingerprint density at radius 2 is 1.75 bits per heavy atom. The Kier molecular flexibility index (Phi) is 6.75. The van der Waals surface area contributed by atoms with Gasteiger partial charge in [0.15, 0.2) is 35.1 Å². The van der Waals surface area contributed by atoms with E-state index in [1.165, 1.54) is 32.2 Å². The van der Waals surface area contributed by atoms with E-state index in [2.05, 4.69) is 0 Å². The van der Waals surface area contributed by atoms with Gasteiger partial charge < -0.3 is 14.8 Å². The Morgan fingerprint density at radius 3 is 2.39 bits per heavy atom. The van der Waals surface area contributed by atoms with Crippen LogP contribution in [0.15, 0.2) is 36.4 Å². The van der Waals surface area contributed by atoms with Crippen LogP contribution in [0.25, 0.3) is 6.08 Å². The van der Waals surface area contributed by atoms with E-state index < -0.39 is 46.9 Å². The number of anilines is 1. The molecule has 9 heteroatoms. The number of esters is 1. The molecule has 1 atom stereocenters. The first-order valence-electron chi connectivity index (χ1n) is 7.89. The fourth-order valence-electron chi connectivity index (χ4n) is 2.07. The van der Waals surface area contributed by atoms with Crippen molar-refractivity contribution in [1.29, 1.82) is 0 Å². The predicted molar refractivity (Wildman–Crippen MR) is 92.5 cm³/mol. The van der Waals surface area contributed by atoms with Crippen molar-refractivity contribution >= 4 is 23.6 Å². The second-order valence-corrected chi connectivity index (χ2v) is 5.52. The molecule has 0 aliphatic carbocycles. The van der Waals surface area contributed by atoms with Crippen molar-refractivity contribution in [1.82, 2.24) is 0 Å². The van der Waals surface area contributed by atoms with E-state index in [-0.39, 0.29) is 5.75 Å². The van der Waals surface area contributed by atoms with Gasteiger partial charge in [-0.2, -0.15) is 0 Å². The first kappa shape index (κ1) is 20.9. The topological polar surface area (TPSA) is 64.6 Å². The normalized spacial score (nSPS) is 11.9. The van der Waals surface area contributed by atoms with Crippen LogP contribution in [0.3, 0.4) is 0 Å². The zero-order valence-electron chi connectivity index (χ0n) is 14.8. The van der Waals surface area contributed by atoms with Crippen LogP contribution < -0.4 is 10.1 Å². The van der Waals surface area contributed by atoms with Gasteiger partial charge in [-0.05, 0) is 42.8 Å². The number of carbonyl (C=O) groups is 2. The number of ether oxygens (including phenoxy) is 2. The highest BCUT2D eigenvalue weighted by atomic mass is 19.2. The van der Waals surface area contributed by atoms with Gasteiger partial charge in [-0.1, -0.05) is 6.07 Å². The summed E-state index contributed by atoms with van der Waals surface area (Å²) in [5.41, 5.74) is -0.257. The summed E-state index contributed by atoms with van der Waals surface area (Å²) in [5, 5.41) is 1.99. The molecular weight excluding hydrogens is 382 g/mol. The van der Waals surface area contributed by atoms with E-state index in [0.717, 1.165) is 18.2 Å². The lowest BCUT2D eigenvalue weighted by atomic mass is 10.2. The summed E-state index contributed by atoms with van der Waals surface area (Å²) in [6, 6.07) is 5.46. The molecule has 0 bridgehead atoms. The Hall–Kier alpha value is -3.36. The van der Waals surface area contributed by atoms with Crippen molar-refractivity contribution in [3.63, 3.8) is 0 Å². The maximum absolute atomic E-state index is 13.6.